The zero-order chi connectivity index (χ0) is 23.3. The third-order valence-corrected chi connectivity index (χ3v) is 6.62. The van der Waals surface area contributed by atoms with Gasteiger partial charge in [0, 0.05) is 30.3 Å². The van der Waals surface area contributed by atoms with Crippen LogP contribution in [0.4, 0.5) is 0 Å². The average molecular weight is 472 g/mol. The van der Waals surface area contributed by atoms with Crippen molar-refractivity contribution in [1.29, 1.82) is 0 Å². The van der Waals surface area contributed by atoms with E-state index in [9.17, 15) is 4.79 Å². The van der Waals surface area contributed by atoms with Crippen molar-refractivity contribution >= 4 is 23.0 Å². The molecule has 5 rings (SSSR count). The summed E-state index contributed by atoms with van der Waals surface area (Å²) >= 11 is 1.62. The van der Waals surface area contributed by atoms with Gasteiger partial charge in [-0.05, 0) is 23.6 Å². The number of aromatic nitrogens is 2. The van der Waals surface area contributed by atoms with Crippen molar-refractivity contribution in [3.63, 3.8) is 0 Å². The van der Waals surface area contributed by atoms with Crippen molar-refractivity contribution < 1.29 is 9.90 Å². The quantitative estimate of drug-likeness (QED) is 0.382. The molecule has 0 spiro atoms. The monoisotopic (exact) mass is 471 g/mol. The van der Waals surface area contributed by atoms with Crippen LogP contribution in [0.5, 0.6) is 0 Å². The highest BCUT2D eigenvalue weighted by Gasteiger charge is 2.36. The average Bonchev–Trinajstić information content (AvgIpc) is 3.64. The van der Waals surface area contributed by atoms with Crippen LogP contribution in [0, 0.1) is 0 Å². The number of benzene rings is 2. The number of hydrazone groups is 1. The van der Waals surface area contributed by atoms with Crippen LogP contribution in [-0.4, -0.2) is 51.2 Å². The minimum Gasteiger partial charge on any atom is -0.395 e. The molecule has 1 amide bonds. The van der Waals surface area contributed by atoms with Gasteiger partial charge in [0.05, 0.1) is 41.2 Å². The van der Waals surface area contributed by atoms with Gasteiger partial charge in [-0.2, -0.15) is 10.2 Å². The van der Waals surface area contributed by atoms with Crippen molar-refractivity contribution in [2.45, 2.75) is 12.5 Å². The lowest BCUT2D eigenvalue weighted by Crippen LogP contribution is -2.36. The van der Waals surface area contributed by atoms with Crippen LogP contribution in [0.25, 0.3) is 16.9 Å². The van der Waals surface area contributed by atoms with Crippen LogP contribution in [0.1, 0.15) is 22.9 Å². The maximum atomic E-state index is 13.2. The summed E-state index contributed by atoms with van der Waals surface area (Å²) in [6, 6.07) is 23.7. The fourth-order valence-electron chi connectivity index (χ4n) is 4.09. The molecule has 0 radical (unpaired) electrons. The SMILES string of the molecule is O=C(CNCCO)N1N=C(c2cccs2)CC1c1cn(-c2ccccc2)nc1-c1ccccc1. The van der Waals surface area contributed by atoms with E-state index in [0.29, 0.717) is 13.0 Å². The fraction of sp³-hybridized carbons (Fsp3) is 0.192. The predicted molar refractivity (Wildman–Crippen MR) is 134 cm³/mol. The smallest absolute Gasteiger partial charge is 0.257 e. The number of amides is 1. The molecule has 0 aliphatic carbocycles. The molecule has 1 aliphatic rings. The molecule has 34 heavy (non-hydrogen) atoms. The van der Waals surface area contributed by atoms with Gasteiger partial charge in [-0.1, -0.05) is 54.6 Å². The van der Waals surface area contributed by atoms with E-state index in [1.165, 1.54) is 0 Å². The molecule has 7 nitrogen and oxygen atoms in total. The number of aliphatic hydroxyl groups is 1. The Kier molecular flexibility index (Phi) is 6.62. The molecule has 2 aromatic heterocycles. The van der Waals surface area contributed by atoms with Crippen molar-refractivity contribution in [3.8, 4) is 16.9 Å². The van der Waals surface area contributed by atoms with E-state index in [-0.39, 0.29) is 25.1 Å². The van der Waals surface area contributed by atoms with Crippen molar-refractivity contribution in [3.05, 3.63) is 94.8 Å². The van der Waals surface area contributed by atoms with E-state index < -0.39 is 0 Å². The zero-order valence-electron chi connectivity index (χ0n) is 18.5. The summed E-state index contributed by atoms with van der Waals surface area (Å²) in [5.74, 6) is -0.142. The highest BCUT2D eigenvalue weighted by atomic mass is 32.1. The molecule has 1 atom stereocenters. The highest BCUT2D eigenvalue weighted by Crippen LogP contribution is 2.38. The summed E-state index contributed by atoms with van der Waals surface area (Å²) in [6.07, 6.45) is 2.61. The summed E-state index contributed by atoms with van der Waals surface area (Å²) < 4.78 is 1.87. The molecule has 0 saturated heterocycles. The van der Waals surface area contributed by atoms with Crippen LogP contribution in [-0.2, 0) is 4.79 Å². The Morgan fingerprint density at radius 3 is 2.53 bits per heavy atom. The Bertz CT molecular complexity index is 1270. The summed E-state index contributed by atoms with van der Waals surface area (Å²) in [5.41, 5.74) is 4.61. The zero-order valence-corrected chi connectivity index (χ0v) is 19.4. The Morgan fingerprint density at radius 2 is 1.82 bits per heavy atom. The van der Waals surface area contributed by atoms with Gasteiger partial charge in [-0.3, -0.25) is 4.79 Å². The molecule has 1 aliphatic heterocycles. The Labute approximate surface area is 202 Å². The maximum absolute atomic E-state index is 13.2. The van der Waals surface area contributed by atoms with E-state index in [1.807, 2.05) is 89.1 Å². The van der Waals surface area contributed by atoms with Gasteiger partial charge in [-0.25, -0.2) is 9.69 Å². The number of aliphatic hydroxyl groups excluding tert-OH is 1. The van der Waals surface area contributed by atoms with Gasteiger partial charge >= 0.3 is 0 Å². The maximum Gasteiger partial charge on any atom is 0.257 e. The number of carbonyl (C=O) groups is 1. The molecule has 0 fully saturated rings. The Balaban J connectivity index is 1.57. The van der Waals surface area contributed by atoms with Gasteiger partial charge in [-0.15, -0.1) is 11.3 Å². The molecular weight excluding hydrogens is 446 g/mol. The summed E-state index contributed by atoms with van der Waals surface area (Å²) in [7, 11) is 0. The van der Waals surface area contributed by atoms with Crippen molar-refractivity contribution in [2.75, 3.05) is 19.7 Å². The second-order valence-electron chi connectivity index (χ2n) is 7.96. The first-order chi connectivity index (χ1) is 16.7. The molecule has 0 saturated carbocycles. The second-order valence-corrected chi connectivity index (χ2v) is 8.91. The first-order valence-electron chi connectivity index (χ1n) is 11.2. The highest BCUT2D eigenvalue weighted by molar-refractivity contribution is 7.12. The van der Waals surface area contributed by atoms with Gasteiger partial charge in [0.2, 0.25) is 0 Å². The number of thiophene rings is 1. The van der Waals surface area contributed by atoms with E-state index >= 15 is 0 Å². The minimum atomic E-state index is -0.284. The lowest BCUT2D eigenvalue weighted by Gasteiger charge is -2.22. The van der Waals surface area contributed by atoms with E-state index in [1.54, 1.807) is 16.3 Å². The van der Waals surface area contributed by atoms with Gasteiger partial charge < -0.3 is 10.4 Å². The van der Waals surface area contributed by atoms with Crippen LogP contribution in [0.2, 0.25) is 0 Å². The number of carbonyl (C=O) groups excluding carboxylic acids is 1. The Morgan fingerprint density at radius 1 is 1.06 bits per heavy atom. The number of hydrogen-bond donors (Lipinski definition) is 2. The topological polar surface area (TPSA) is 82.8 Å². The molecule has 1 unspecified atom stereocenters. The van der Waals surface area contributed by atoms with Crippen LogP contribution >= 0.6 is 11.3 Å². The summed E-state index contributed by atoms with van der Waals surface area (Å²) in [6.45, 7) is 0.432. The lowest BCUT2D eigenvalue weighted by molar-refractivity contribution is -0.132. The molecule has 3 heterocycles. The standard InChI is InChI=1S/C26H25N5O2S/c32-14-13-27-17-25(33)31-23(16-22(28-31)24-12-7-15-34-24)21-18-30(20-10-5-2-6-11-20)29-26(21)19-8-3-1-4-9-19/h1-12,15,18,23,27,32H,13-14,16-17H2. The molecular formula is C26H25N5O2S. The van der Waals surface area contributed by atoms with Crippen molar-refractivity contribution in [1.82, 2.24) is 20.1 Å². The van der Waals surface area contributed by atoms with E-state index in [0.717, 1.165) is 33.1 Å². The summed E-state index contributed by atoms with van der Waals surface area (Å²) in [4.78, 5) is 14.3. The lowest BCUT2D eigenvalue weighted by atomic mass is 9.98. The predicted octanol–water partition coefficient (Wildman–Crippen LogP) is 3.86. The third-order valence-electron chi connectivity index (χ3n) is 5.71. The van der Waals surface area contributed by atoms with Crippen LogP contribution in [0.15, 0.2) is 89.5 Å². The molecule has 4 aromatic rings. The normalized spacial score (nSPS) is 15.5. The number of para-hydroxylation sites is 1. The van der Waals surface area contributed by atoms with Crippen molar-refractivity contribution in [2.24, 2.45) is 5.10 Å². The second kappa shape index (κ2) is 10.1. The first kappa shape index (κ1) is 22.2. The number of nitrogens with zero attached hydrogens (tertiary/aromatic N) is 4. The molecule has 2 aromatic carbocycles. The number of hydrogen-bond acceptors (Lipinski definition) is 6. The molecule has 8 heteroatoms. The van der Waals surface area contributed by atoms with Gasteiger partial charge in [0.15, 0.2) is 0 Å². The summed E-state index contributed by atoms with van der Waals surface area (Å²) in [5, 5.41) is 25.4. The molecule has 2 N–H and O–H groups in total. The largest absolute Gasteiger partial charge is 0.395 e. The molecule has 0 bridgehead atoms. The van der Waals surface area contributed by atoms with Crippen LogP contribution < -0.4 is 5.32 Å². The van der Waals surface area contributed by atoms with Gasteiger partial charge in [0.1, 0.15) is 0 Å². The third kappa shape index (κ3) is 4.56. The Hall–Kier alpha value is -3.59. The number of nitrogens with one attached hydrogen (secondary N) is 1. The van der Waals surface area contributed by atoms with E-state index in [2.05, 4.69) is 5.32 Å². The van der Waals surface area contributed by atoms with Crippen LogP contribution in [0.3, 0.4) is 0 Å². The minimum absolute atomic E-state index is 0.0254. The van der Waals surface area contributed by atoms with E-state index in [4.69, 9.17) is 15.3 Å². The first-order valence-corrected chi connectivity index (χ1v) is 12.1. The fourth-order valence-corrected chi connectivity index (χ4v) is 4.82. The van der Waals surface area contributed by atoms with Gasteiger partial charge in [0.25, 0.3) is 5.91 Å². The number of rotatable bonds is 8. The molecule has 172 valence electrons.